The highest BCUT2D eigenvalue weighted by Crippen LogP contribution is 2.12. The van der Waals surface area contributed by atoms with Crippen molar-refractivity contribution in [1.29, 1.82) is 0 Å². The lowest BCUT2D eigenvalue weighted by molar-refractivity contribution is -0.120. The number of rotatable bonds is 8. The van der Waals surface area contributed by atoms with Crippen LogP contribution in [-0.2, 0) is 17.9 Å². The molecule has 0 fully saturated rings. The normalized spacial score (nSPS) is 11.0. The van der Waals surface area contributed by atoms with Crippen LogP contribution in [0.2, 0.25) is 0 Å². The van der Waals surface area contributed by atoms with Crippen molar-refractivity contribution >= 4 is 11.8 Å². The minimum Gasteiger partial charge on any atom is -0.350 e. The molecule has 0 unspecified atom stereocenters. The molecule has 0 aliphatic rings. The van der Waals surface area contributed by atoms with E-state index in [4.69, 9.17) is 0 Å². The number of amides is 2. The van der Waals surface area contributed by atoms with Crippen molar-refractivity contribution in [3.63, 3.8) is 0 Å². The van der Waals surface area contributed by atoms with Crippen molar-refractivity contribution < 1.29 is 18.4 Å². The molecule has 2 N–H and O–H groups in total. The van der Waals surface area contributed by atoms with Gasteiger partial charge in [0.15, 0.2) is 0 Å². The van der Waals surface area contributed by atoms with Gasteiger partial charge in [-0.2, -0.15) is 0 Å². The molecule has 2 amide bonds. The average molecular weight is 389 g/mol. The predicted octanol–water partition coefficient (Wildman–Crippen LogP) is 2.85. The Hall–Kier alpha value is -2.80. The zero-order valence-electron chi connectivity index (χ0n) is 16.3. The smallest absolute Gasteiger partial charge is 0.254 e. The topological polar surface area (TPSA) is 61.4 Å². The lowest BCUT2D eigenvalue weighted by Crippen LogP contribution is -2.37. The Morgan fingerprint density at radius 3 is 2.36 bits per heavy atom. The maximum Gasteiger partial charge on any atom is 0.254 e. The number of hydrogen-bond donors (Lipinski definition) is 2. The molecule has 7 heteroatoms. The Morgan fingerprint density at radius 2 is 1.71 bits per heavy atom. The third-order valence-electron chi connectivity index (χ3n) is 4.48. The van der Waals surface area contributed by atoms with E-state index in [0.717, 1.165) is 29.8 Å². The van der Waals surface area contributed by atoms with Crippen LogP contribution in [0.15, 0.2) is 42.5 Å². The molecule has 2 aromatic rings. The summed E-state index contributed by atoms with van der Waals surface area (Å²) in [6.45, 7) is 4.99. The predicted molar refractivity (Wildman–Crippen MR) is 104 cm³/mol. The molecule has 0 spiro atoms. The van der Waals surface area contributed by atoms with Gasteiger partial charge in [0.05, 0.1) is 12.1 Å². The summed E-state index contributed by atoms with van der Waals surface area (Å²) in [5, 5.41) is 5.08. The van der Waals surface area contributed by atoms with Crippen LogP contribution in [0.3, 0.4) is 0 Å². The van der Waals surface area contributed by atoms with E-state index in [-0.39, 0.29) is 12.1 Å². The van der Waals surface area contributed by atoms with Gasteiger partial charge in [0, 0.05) is 25.2 Å². The van der Waals surface area contributed by atoms with Crippen molar-refractivity contribution in [2.75, 3.05) is 13.6 Å². The molecule has 0 aliphatic carbocycles. The van der Waals surface area contributed by atoms with Gasteiger partial charge in [0.25, 0.3) is 5.91 Å². The molecule has 0 saturated heterocycles. The van der Waals surface area contributed by atoms with Gasteiger partial charge in [-0.25, -0.2) is 8.78 Å². The lowest BCUT2D eigenvalue weighted by Gasteiger charge is -2.22. The standard InChI is InChI=1S/C21H25F2N3O2/c1-14(2)26(3)13-16-7-5-4-6-15(16)11-24-20(27)12-25-21(28)18-9-8-17(22)10-19(18)23/h4-10,14H,11-13H2,1-3H3,(H,24,27)(H,25,28). The number of nitrogens with zero attached hydrogens (tertiary/aromatic N) is 1. The first-order chi connectivity index (χ1) is 13.3. The average Bonchev–Trinajstić information content (AvgIpc) is 2.65. The van der Waals surface area contributed by atoms with E-state index in [0.29, 0.717) is 18.7 Å². The summed E-state index contributed by atoms with van der Waals surface area (Å²) in [5.41, 5.74) is 1.78. The largest absolute Gasteiger partial charge is 0.350 e. The molecular formula is C21H25F2N3O2. The fraction of sp³-hybridized carbons (Fsp3) is 0.333. The fourth-order valence-electron chi connectivity index (χ4n) is 2.52. The summed E-state index contributed by atoms with van der Waals surface area (Å²) in [5.74, 6) is -2.91. The van der Waals surface area contributed by atoms with Gasteiger partial charge in [0.1, 0.15) is 11.6 Å². The second kappa shape index (κ2) is 9.94. The van der Waals surface area contributed by atoms with E-state index >= 15 is 0 Å². The van der Waals surface area contributed by atoms with Crippen molar-refractivity contribution in [2.24, 2.45) is 0 Å². The molecule has 0 bridgehead atoms. The van der Waals surface area contributed by atoms with Crippen LogP contribution in [0.1, 0.15) is 35.3 Å². The van der Waals surface area contributed by atoms with Crippen LogP contribution in [-0.4, -0.2) is 36.3 Å². The number of carbonyl (C=O) groups excluding carboxylic acids is 2. The van der Waals surface area contributed by atoms with Gasteiger partial charge >= 0.3 is 0 Å². The zero-order chi connectivity index (χ0) is 20.7. The number of carbonyl (C=O) groups is 2. The summed E-state index contributed by atoms with van der Waals surface area (Å²) >= 11 is 0. The maximum absolute atomic E-state index is 13.6. The molecule has 0 heterocycles. The van der Waals surface area contributed by atoms with E-state index in [1.54, 1.807) is 0 Å². The highest BCUT2D eigenvalue weighted by Gasteiger charge is 2.14. The van der Waals surface area contributed by atoms with E-state index in [9.17, 15) is 18.4 Å². The van der Waals surface area contributed by atoms with Crippen LogP contribution < -0.4 is 10.6 Å². The summed E-state index contributed by atoms with van der Waals surface area (Å²) in [4.78, 5) is 26.2. The van der Waals surface area contributed by atoms with Crippen LogP contribution >= 0.6 is 0 Å². The Kier molecular flexibility index (Phi) is 7.63. The molecule has 0 aromatic heterocycles. The van der Waals surface area contributed by atoms with Crippen LogP contribution in [0.5, 0.6) is 0 Å². The number of nitrogens with one attached hydrogen (secondary N) is 2. The Morgan fingerprint density at radius 1 is 1.04 bits per heavy atom. The van der Waals surface area contributed by atoms with Gasteiger partial charge < -0.3 is 10.6 Å². The minimum absolute atomic E-state index is 0.302. The molecule has 2 aromatic carbocycles. The summed E-state index contributed by atoms with van der Waals surface area (Å²) in [7, 11) is 2.03. The van der Waals surface area contributed by atoms with E-state index in [1.165, 1.54) is 0 Å². The first-order valence-corrected chi connectivity index (χ1v) is 9.05. The second-order valence-electron chi connectivity index (χ2n) is 6.86. The first-order valence-electron chi connectivity index (χ1n) is 9.05. The molecule has 0 atom stereocenters. The van der Waals surface area contributed by atoms with Gasteiger partial charge in [-0.1, -0.05) is 24.3 Å². The third-order valence-corrected chi connectivity index (χ3v) is 4.48. The molecule has 2 rings (SSSR count). The molecule has 28 heavy (non-hydrogen) atoms. The second-order valence-corrected chi connectivity index (χ2v) is 6.86. The number of hydrogen-bond acceptors (Lipinski definition) is 3. The quantitative estimate of drug-likeness (QED) is 0.730. The highest BCUT2D eigenvalue weighted by atomic mass is 19.1. The summed E-state index contributed by atoms with van der Waals surface area (Å²) in [6, 6.07) is 10.9. The minimum atomic E-state index is -0.971. The van der Waals surface area contributed by atoms with Crippen molar-refractivity contribution in [3.05, 3.63) is 70.8 Å². The van der Waals surface area contributed by atoms with E-state index < -0.39 is 23.4 Å². The zero-order valence-corrected chi connectivity index (χ0v) is 16.3. The fourth-order valence-corrected chi connectivity index (χ4v) is 2.52. The first kappa shape index (κ1) is 21.5. The SMILES string of the molecule is CC(C)N(C)Cc1ccccc1CNC(=O)CNC(=O)c1ccc(F)cc1F. The molecule has 0 saturated carbocycles. The lowest BCUT2D eigenvalue weighted by atomic mass is 10.1. The third kappa shape index (κ3) is 6.13. The van der Waals surface area contributed by atoms with Gasteiger partial charge in [-0.15, -0.1) is 0 Å². The maximum atomic E-state index is 13.6. The van der Waals surface area contributed by atoms with Crippen molar-refractivity contribution in [1.82, 2.24) is 15.5 Å². The summed E-state index contributed by atoms with van der Waals surface area (Å²) < 4.78 is 26.5. The van der Waals surface area contributed by atoms with Crippen LogP contribution in [0.25, 0.3) is 0 Å². The van der Waals surface area contributed by atoms with Crippen LogP contribution in [0, 0.1) is 11.6 Å². The molecule has 0 aliphatic heterocycles. The monoisotopic (exact) mass is 389 g/mol. The van der Waals surface area contributed by atoms with E-state index in [1.807, 2.05) is 31.3 Å². The van der Waals surface area contributed by atoms with Gasteiger partial charge in [0.2, 0.25) is 5.91 Å². The number of halogens is 2. The molecule has 5 nitrogen and oxygen atoms in total. The molecule has 150 valence electrons. The molecule has 0 radical (unpaired) electrons. The van der Waals surface area contributed by atoms with Gasteiger partial charge in [-0.05, 0) is 44.2 Å². The van der Waals surface area contributed by atoms with Crippen molar-refractivity contribution in [2.45, 2.75) is 33.0 Å². The highest BCUT2D eigenvalue weighted by molar-refractivity contribution is 5.96. The Balaban J connectivity index is 1.88. The number of benzene rings is 2. The van der Waals surface area contributed by atoms with Crippen molar-refractivity contribution in [3.8, 4) is 0 Å². The Bertz CT molecular complexity index is 840. The van der Waals surface area contributed by atoms with E-state index in [2.05, 4.69) is 29.4 Å². The van der Waals surface area contributed by atoms with Gasteiger partial charge in [-0.3, -0.25) is 14.5 Å². The van der Waals surface area contributed by atoms with Crippen LogP contribution in [0.4, 0.5) is 8.78 Å². The summed E-state index contributed by atoms with van der Waals surface area (Å²) in [6.07, 6.45) is 0. The Labute approximate surface area is 163 Å². The molecular weight excluding hydrogens is 364 g/mol.